The Bertz CT molecular complexity index is 478. The number of aliphatic imine (C=N–C) groups is 1. The summed E-state index contributed by atoms with van der Waals surface area (Å²) in [5, 5.41) is 0. The molecule has 2 aromatic carbocycles. The second-order valence-corrected chi connectivity index (χ2v) is 3.84. The summed E-state index contributed by atoms with van der Waals surface area (Å²) in [4.78, 5) is 4.53. The third-order valence-corrected chi connectivity index (χ3v) is 2.49. The van der Waals surface area contributed by atoms with Crippen LogP contribution in [0.2, 0.25) is 0 Å². The highest BCUT2D eigenvalue weighted by Crippen LogP contribution is 2.22. The van der Waals surface area contributed by atoms with Crippen molar-refractivity contribution >= 4 is 11.9 Å². The third-order valence-electron chi connectivity index (χ3n) is 2.49. The van der Waals surface area contributed by atoms with Gasteiger partial charge in [-0.1, -0.05) is 30.3 Å². The predicted molar refractivity (Wildman–Crippen MR) is 68.4 cm³/mol. The Morgan fingerprint density at radius 3 is 2.25 bits per heavy atom. The number of aryl methyl sites for hydroxylation is 2. The van der Waals surface area contributed by atoms with Crippen LogP contribution >= 0.6 is 0 Å². The Kier molecular flexibility index (Phi) is 3.16. The molecule has 2 rings (SSSR count). The molecule has 0 saturated heterocycles. The van der Waals surface area contributed by atoms with Crippen molar-refractivity contribution in [2.45, 2.75) is 13.8 Å². The second kappa shape index (κ2) is 4.75. The maximum absolute atomic E-state index is 4.53. The van der Waals surface area contributed by atoms with Crippen molar-refractivity contribution in [3.8, 4) is 0 Å². The summed E-state index contributed by atoms with van der Waals surface area (Å²) in [6.45, 7) is 4.11. The van der Waals surface area contributed by atoms with Crippen LogP contribution in [0.15, 0.2) is 47.5 Å². The van der Waals surface area contributed by atoms with E-state index in [4.69, 9.17) is 0 Å². The molecule has 0 saturated carbocycles. The smallest absolute Gasteiger partial charge is 0.0688 e. The molecule has 0 aliphatic heterocycles. The summed E-state index contributed by atoms with van der Waals surface area (Å²) >= 11 is 0. The van der Waals surface area contributed by atoms with E-state index in [1.165, 1.54) is 0 Å². The normalized spacial score (nSPS) is 10.9. The Morgan fingerprint density at radius 1 is 1.00 bits per heavy atom. The quantitative estimate of drug-likeness (QED) is 0.665. The largest absolute Gasteiger partial charge is 0.256 e. The lowest BCUT2D eigenvalue weighted by atomic mass is 10.1. The van der Waals surface area contributed by atoms with Crippen molar-refractivity contribution in [3.05, 3.63) is 65.2 Å². The van der Waals surface area contributed by atoms with Crippen LogP contribution in [0, 0.1) is 19.9 Å². The Labute approximate surface area is 96.5 Å². The first-order valence-corrected chi connectivity index (χ1v) is 5.34. The summed E-state index contributed by atoms with van der Waals surface area (Å²) in [5.74, 6) is 0. The molecule has 0 atom stereocenters. The fourth-order valence-electron chi connectivity index (χ4n) is 1.62. The zero-order valence-electron chi connectivity index (χ0n) is 9.57. The first-order valence-electron chi connectivity index (χ1n) is 5.34. The molecule has 16 heavy (non-hydrogen) atoms. The monoisotopic (exact) mass is 208 g/mol. The van der Waals surface area contributed by atoms with Gasteiger partial charge in [-0.05, 0) is 48.7 Å². The average molecular weight is 208 g/mol. The van der Waals surface area contributed by atoms with Crippen LogP contribution in [0.1, 0.15) is 16.7 Å². The van der Waals surface area contributed by atoms with Gasteiger partial charge in [0, 0.05) is 6.21 Å². The van der Waals surface area contributed by atoms with E-state index in [9.17, 15) is 0 Å². The van der Waals surface area contributed by atoms with Crippen LogP contribution in [-0.4, -0.2) is 6.21 Å². The maximum Gasteiger partial charge on any atom is 0.0688 e. The van der Waals surface area contributed by atoms with Gasteiger partial charge in [0.2, 0.25) is 0 Å². The van der Waals surface area contributed by atoms with Gasteiger partial charge >= 0.3 is 0 Å². The van der Waals surface area contributed by atoms with E-state index in [1.54, 1.807) is 0 Å². The molecular formula is C15H14N. The lowest BCUT2D eigenvalue weighted by Gasteiger charge is -2.02. The Balaban J connectivity index is 2.31. The lowest BCUT2D eigenvalue weighted by Crippen LogP contribution is -1.83. The molecular weight excluding hydrogens is 194 g/mol. The molecule has 0 unspecified atom stereocenters. The van der Waals surface area contributed by atoms with Gasteiger partial charge in [-0.25, -0.2) is 0 Å². The van der Waals surface area contributed by atoms with E-state index < -0.39 is 0 Å². The molecule has 0 amide bonds. The minimum Gasteiger partial charge on any atom is -0.256 e. The van der Waals surface area contributed by atoms with Crippen molar-refractivity contribution in [3.63, 3.8) is 0 Å². The SMILES string of the molecule is Cc1c[c]cc(C)c1N=Cc1ccccc1. The minimum atomic E-state index is 1.04. The predicted octanol–water partition coefficient (Wildman–Crippen LogP) is 3.85. The fraction of sp³-hybridized carbons (Fsp3) is 0.133. The molecule has 0 aliphatic rings. The average Bonchev–Trinajstić information content (AvgIpc) is 2.30. The van der Waals surface area contributed by atoms with Crippen LogP contribution < -0.4 is 0 Å². The first-order chi connectivity index (χ1) is 7.77. The van der Waals surface area contributed by atoms with E-state index in [0.717, 1.165) is 22.4 Å². The van der Waals surface area contributed by atoms with Crippen LogP contribution in [0.3, 0.4) is 0 Å². The van der Waals surface area contributed by atoms with Gasteiger partial charge in [0.25, 0.3) is 0 Å². The number of nitrogens with zero attached hydrogens (tertiary/aromatic N) is 1. The molecule has 79 valence electrons. The Morgan fingerprint density at radius 2 is 1.62 bits per heavy atom. The minimum absolute atomic E-state index is 1.04. The standard InChI is InChI=1S/C15H14N/c1-12-7-6-8-13(2)15(12)16-11-14-9-4-3-5-10-14/h3-5,7-11H,1-2H3. The lowest BCUT2D eigenvalue weighted by molar-refractivity contribution is 1.33. The van der Waals surface area contributed by atoms with Crippen molar-refractivity contribution in [1.29, 1.82) is 0 Å². The number of rotatable bonds is 2. The summed E-state index contributed by atoms with van der Waals surface area (Å²) in [7, 11) is 0. The molecule has 0 spiro atoms. The maximum atomic E-state index is 4.53. The highest BCUT2D eigenvalue weighted by atomic mass is 14.7. The van der Waals surface area contributed by atoms with Gasteiger partial charge in [-0.3, -0.25) is 4.99 Å². The molecule has 1 heteroatoms. The molecule has 0 N–H and O–H groups in total. The van der Waals surface area contributed by atoms with Gasteiger partial charge in [-0.2, -0.15) is 0 Å². The van der Waals surface area contributed by atoms with Gasteiger partial charge < -0.3 is 0 Å². The zero-order chi connectivity index (χ0) is 11.4. The fourth-order valence-corrected chi connectivity index (χ4v) is 1.62. The van der Waals surface area contributed by atoms with Crippen LogP contribution in [-0.2, 0) is 0 Å². The van der Waals surface area contributed by atoms with E-state index in [1.807, 2.05) is 48.7 Å². The molecule has 1 radical (unpaired) electrons. The van der Waals surface area contributed by atoms with Gasteiger partial charge in [0.05, 0.1) is 5.69 Å². The van der Waals surface area contributed by atoms with Crippen LogP contribution in [0.25, 0.3) is 0 Å². The number of hydrogen-bond acceptors (Lipinski definition) is 1. The van der Waals surface area contributed by atoms with Crippen molar-refractivity contribution in [1.82, 2.24) is 0 Å². The van der Waals surface area contributed by atoms with Crippen molar-refractivity contribution in [2.24, 2.45) is 4.99 Å². The summed E-state index contributed by atoms with van der Waals surface area (Å²) in [5.41, 5.74) is 4.48. The topological polar surface area (TPSA) is 12.4 Å². The van der Waals surface area contributed by atoms with E-state index in [2.05, 4.69) is 24.9 Å². The summed E-state index contributed by atoms with van der Waals surface area (Å²) in [6.07, 6.45) is 1.90. The highest BCUT2D eigenvalue weighted by Gasteiger charge is 1.98. The highest BCUT2D eigenvalue weighted by molar-refractivity contribution is 5.82. The third kappa shape index (κ3) is 2.37. The molecule has 1 nitrogen and oxygen atoms in total. The van der Waals surface area contributed by atoms with E-state index in [-0.39, 0.29) is 0 Å². The summed E-state index contributed by atoms with van der Waals surface area (Å²) in [6, 6.07) is 17.1. The van der Waals surface area contributed by atoms with E-state index in [0.29, 0.717) is 0 Å². The van der Waals surface area contributed by atoms with Crippen LogP contribution in [0.4, 0.5) is 5.69 Å². The second-order valence-electron chi connectivity index (χ2n) is 3.84. The first kappa shape index (κ1) is 10.6. The van der Waals surface area contributed by atoms with Crippen molar-refractivity contribution in [2.75, 3.05) is 0 Å². The molecule has 0 heterocycles. The summed E-state index contributed by atoms with van der Waals surface area (Å²) < 4.78 is 0. The van der Waals surface area contributed by atoms with Crippen LogP contribution in [0.5, 0.6) is 0 Å². The number of hydrogen-bond donors (Lipinski definition) is 0. The molecule has 2 aromatic rings. The van der Waals surface area contributed by atoms with Gasteiger partial charge in [0.1, 0.15) is 0 Å². The van der Waals surface area contributed by atoms with Crippen molar-refractivity contribution < 1.29 is 0 Å². The van der Waals surface area contributed by atoms with E-state index >= 15 is 0 Å². The van der Waals surface area contributed by atoms with Gasteiger partial charge in [-0.15, -0.1) is 0 Å². The van der Waals surface area contributed by atoms with Gasteiger partial charge in [0.15, 0.2) is 0 Å². The molecule has 0 bridgehead atoms. The number of benzene rings is 2. The molecule has 0 aromatic heterocycles. The molecule has 0 fully saturated rings. The zero-order valence-corrected chi connectivity index (χ0v) is 9.57. The molecule has 0 aliphatic carbocycles. The Hall–Kier alpha value is -1.89.